The highest BCUT2D eigenvalue weighted by Crippen LogP contribution is 2.25. The summed E-state index contributed by atoms with van der Waals surface area (Å²) in [4.78, 5) is 0. The van der Waals surface area contributed by atoms with Crippen LogP contribution in [0.2, 0.25) is 0 Å². The van der Waals surface area contributed by atoms with E-state index in [2.05, 4.69) is 54.2 Å². The van der Waals surface area contributed by atoms with Crippen molar-refractivity contribution in [3.63, 3.8) is 0 Å². The number of halogens is 1. The highest BCUT2D eigenvalue weighted by atomic mass is 79.9. The van der Waals surface area contributed by atoms with E-state index < -0.39 is 0 Å². The second kappa shape index (κ2) is 7.93. The number of ether oxygens (including phenoxy) is 1. The van der Waals surface area contributed by atoms with E-state index in [-0.39, 0.29) is 6.04 Å². The van der Waals surface area contributed by atoms with E-state index >= 15 is 0 Å². The molecule has 0 aliphatic heterocycles. The topological polar surface area (TPSA) is 21.3 Å². The highest BCUT2D eigenvalue weighted by Gasteiger charge is 2.13. The number of hydrogen-bond acceptors (Lipinski definition) is 2. The summed E-state index contributed by atoms with van der Waals surface area (Å²) in [5.41, 5.74) is 3.88. The Bertz CT molecular complexity index is 348. The molecule has 1 aromatic rings. The van der Waals surface area contributed by atoms with Crippen molar-refractivity contribution < 1.29 is 4.74 Å². The molecule has 102 valence electrons. The first-order chi connectivity index (χ1) is 8.60. The van der Waals surface area contributed by atoms with Gasteiger partial charge in [-0.25, -0.2) is 0 Å². The molecule has 2 nitrogen and oxygen atoms in total. The van der Waals surface area contributed by atoms with Gasteiger partial charge in [-0.3, -0.25) is 0 Å². The summed E-state index contributed by atoms with van der Waals surface area (Å²) in [5, 5.41) is 3.55. The Balaban J connectivity index is 2.89. The Morgan fingerprint density at radius 3 is 2.33 bits per heavy atom. The number of rotatable bonds is 7. The van der Waals surface area contributed by atoms with Gasteiger partial charge in [0.1, 0.15) is 0 Å². The van der Waals surface area contributed by atoms with Gasteiger partial charge in [0.15, 0.2) is 0 Å². The predicted octanol–water partition coefficient (Wildman–Crippen LogP) is 4.14. The molecule has 0 aliphatic carbocycles. The van der Waals surface area contributed by atoms with Crippen LogP contribution in [0.15, 0.2) is 16.6 Å². The van der Waals surface area contributed by atoms with Gasteiger partial charge in [-0.1, -0.05) is 35.0 Å². The normalized spacial score (nSPS) is 12.7. The molecule has 1 aromatic carbocycles. The van der Waals surface area contributed by atoms with Crippen molar-refractivity contribution in [2.45, 2.75) is 40.2 Å². The summed E-state index contributed by atoms with van der Waals surface area (Å²) in [6.45, 7) is 11.0. The molecule has 18 heavy (non-hydrogen) atoms. The zero-order valence-corrected chi connectivity index (χ0v) is 13.4. The van der Waals surface area contributed by atoms with Crippen LogP contribution in [-0.2, 0) is 4.74 Å². The third-order valence-electron chi connectivity index (χ3n) is 2.99. The molecule has 1 N–H and O–H groups in total. The molecule has 0 saturated heterocycles. The monoisotopic (exact) mass is 313 g/mol. The third-order valence-corrected chi connectivity index (χ3v) is 4.24. The lowest BCUT2D eigenvalue weighted by Crippen LogP contribution is -2.26. The van der Waals surface area contributed by atoms with Crippen molar-refractivity contribution >= 4 is 15.9 Å². The van der Waals surface area contributed by atoms with Crippen molar-refractivity contribution in [1.82, 2.24) is 5.32 Å². The third kappa shape index (κ3) is 4.38. The molecule has 0 saturated carbocycles. The summed E-state index contributed by atoms with van der Waals surface area (Å²) in [7, 11) is 0. The first-order valence-corrected chi connectivity index (χ1v) is 7.47. The van der Waals surface area contributed by atoms with Gasteiger partial charge in [0.25, 0.3) is 0 Å². The van der Waals surface area contributed by atoms with Crippen molar-refractivity contribution in [2.75, 3.05) is 19.8 Å². The standard InChI is InChI=1S/C15H24BrNO/c1-5-7-17-14(10-18-6-2)13-8-11(3)15(16)12(4)9-13/h8-9,14,17H,5-7,10H2,1-4H3. The fourth-order valence-electron chi connectivity index (χ4n) is 2.01. The second-order valence-electron chi connectivity index (χ2n) is 4.63. The lowest BCUT2D eigenvalue weighted by atomic mass is 10.0. The first-order valence-electron chi connectivity index (χ1n) is 6.67. The Labute approximate surface area is 119 Å². The zero-order chi connectivity index (χ0) is 13.5. The van der Waals surface area contributed by atoms with Crippen molar-refractivity contribution in [2.24, 2.45) is 0 Å². The van der Waals surface area contributed by atoms with Crippen molar-refractivity contribution in [3.05, 3.63) is 33.3 Å². The van der Waals surface area contributed by atoms with E-state index in [1.54, 1.807) is 0 Å². The van der Waals surface area contributed by atoms with Crippen LogP contribution in [-0.4, -0.2) is 19.8 Å². The Hall–Kier alpha value is -0.380. The van der Waals surface area contributed by atoms with Crippen LogP contribution < -0.4 is 5.32 Å². The summed E-state index contributed by atoms with van der Waals surface area (Å²) in [6, 6.07) is 4.77. The number of hydrogen-bond donors (Lipinski definition) is 1. The Morgan fingerprint density at radius 1 is 1.22 bits per heavy atom. The van der Waals surface area contributed by atoms with Crippen LogP contribution >= 0.6 is 15.9 Å². The molecular weight excluding hydrogens is 290 g/mol. The van der Waals surface area contributed by atoms with E-state index in [9.17, 15) is 0 Å². The van der Waals surface area contributed by atoms with Crippen LogP contribution in [0.4, 0.5) is 0 Å². The molecule has 1 rings (SSSR count). The maximum atomic E-state index is 5.58. The number of aryl methyl sites for hydroxylation is 2. The minimum atomic E-state index is 0.287. The zero-order valence-electron chi connectivity index (χ0n) is 11.8. The lowest BCUT2D eigenvalue weighted by Gasteiger charge is -2.20. The van der Waals surface area contributed by atoms with Crippen LogP contribution in [0.25, 0.3) is 0 Å². The summed E-state index contributed by atoms with van der Waals surface area (Å²) < 4.78 is 6.79. The molecule has 0 amide bonds. The van der Waals surface area contributed by atoms with Gasteiger partial charge in [-0.2, -0.15) is 0 Å². The average molecular weight is 314 g/mol. The maximum absolute atomic E-state index is 5.58. The van der Waals surface area contributed by atoms with Gasteiger partial charge >= 0.3 is 0 Å². The van der Waals surface area contributed by atoms with Crippen molar-refractivity contribution in [1.29, 1.82) is 0 Å². The smallest absolute Gasteiger partial charge is 0.0661 e. The molecule has 3 heteroatoms. The van der Waals surface area contributed by atoms with Gasteiger partial charge in [0, 0.05) is 11.1 Å². The Kier molecular flexibility index (Phi) is 6.90. The van der Waals surface area contributed by atoms with Gasteiger partial charge in [-0.15, -0.1) is 0 Å². The van der Waals surface area contributed by atoms with Crippen LogP contribution in [0.1, 0.15) is 43.0 Å². The SMILES string of the molecule is CCCNC(COCC)c1cc(C)c(Br)c(C)c1. The van der Waals surface area contributed by atoms with Gasteiger partial charge in [-0.05, 0) is 50.4 Å². The lowest BCUT2D eigenvalue weighted by molar-refractivity contribution is 0.123. The summed E-state index contributed by atoms with van der Waals surface area (Å²) >= 11 is 3.62. The second-order valence-corrected chi connectivity index (χ2v) is 5.43. The van der Waals surface area contributed by atoms with E-state index in [0.29, 0.717) is 0 Å². The van der Waals surface area contributed by atoms with E-state index in [4.69, 9.17) is 4.74 Å². The molecule has 0 radical (unpaired) electrons. The van der Waals surface area contributed by atoms with Crippen molar-refractivity contribution in [3.8, 4) is 0 Å². The van der Waals surface area contributed by atoms with Crippen LogP contribution in [0.5, 0.6) is 0 Å². The molecule has 0 heterocycles. The van der Waals surface area contributed by atoms with Gasteiger partial charge in [0.2, 0.25) is 0 Å². The van der Waals surface area contributed by atoms with E-state index in [1.807, 2.05) is 6.92 Å². The fourth-order valence-corrected chi connectivity index (χ4v) is 2.24. The largest absolute Gasteiger partial charge is 0.380 e. The van der Waals surface area contributed by atoms with Crippen LogP contribution in [0, 0.1) is 13.8 Å². The maximum Gasteiger partial charge on any atom is 0.0661 e. The summed E-state index contributed by atoms with van der Waals surface area (Å²) in [5.74, 6) is 0. The minimum Gasteiger partial charge on any atom is -0.380 e. The van der Waals surface area contributed by atoms with E-state index in [1.165, 1.54) is 21.2 Å². The van der Waals surface area contributed by atoms with Crippen LogP contribution in [0.3, 0.4) is 0 Å². The molecule has 0 aliphatic rings. The fraction of sp³-hybridized carbons (Fsp3) is 0.600. The quantitative estimate of drug-likeness (QED) is 0.816. The molecule has 0 spiro atoms. The summed E-state index contributed by atoms with van der Waals surface area (Å²) in [6.07, 6.45) is 1.14. The Morgan fingerprint density at radius 2 is 1.83 bits per heavy atom. The van der Waals surface area contributed by atoms with Gasteiger partial charge < -0.3 is 10.1 Å². The van der Waals surface area contributed by atoms with E-state index in [0.717, 1.165) is 26.2 Å². The average Bonchev–Trinajstić information content (AvgIpc) is 2.35. The molecule has 1 atom stereocenters. The molecule has 0 bridgehead atoms. The highest BCUT2D eigenvalue weighted by molar-refractivity contribution is 9.10. The first kappa shape index (κ1) is 15.7. The molecule has 0 aromatic heterocycles. The van der Waals surface area contributed by atoms with Gasteiger partial charge in [0.05, 0.1) is 12.6 Å². The number of benzene rings is 1. The minimum absolute atomic E-state index is 0.287. The molecule has 1 unspecified atom stereocenters. The molecular formula is C15H24BrNO. The predicted molar refractivity (Wildman–Crippen MR) is 81.1 cm³/mol. The molecule has 0 fully saturated rings. The number of nitrogens with one attached hydrogen (secondary N) is 1.